The first-order valence-electron chi connectivity index (χ1n) is 14.7. The molecule has 4 nitrogen and oxygen atoms in total. The molecular formula is C39H40IrNO3-. The number of aromatic nitrogens is 1. The molecule has 1 radical (unpaired) electrons. The zero-order valence-electron chi connectivity index (χ0n) is 27.0. The van der Waals surface area contributed by atoms with Crippen molar-refractivity contribution in [2.75, 3.05) is 0 Å². The van der Waals surface area contributed by atoms with E-state index in [0.29, 0.717) is 0 Å². The van der Waals surface area contributed by atoms with Gasteiger partial charge in [-0.05, 0) is 26.0 Å². The van der Waals surface area contributed by atoms with Crippen LogP contribution in [-0.2, 0) is 24.9 Å². The number of pyridine rings is 1. The van der Waals surface area contributed by atoms with Gasteiger partial charge in [-0.25, -0.2) is 0 Å². The molecule has 0 unspecified atom stereocenters. The van der Waals surface area contributed by atoms with Gasteiger partial charge in [-0.15, -0.1) is 29.1 Å². The number of rotatable bonds is 2. The van der Waals surface area contributed by atoms with Crippen LogP contribution in [0.25, 0.3) is 54.9 Å². The number of allylic oxidation sites excluding steroid dienone is 2. The van der Waals surface area contributed by atoms with Gasteiger partial charge < -0.3 is 9.52 Å². The topological polar surface area (TPSA) is 63.3 Å². The van der Waals surface area contributed by atoms with E-state index in [9.17, 15) is 9.90 Å². The van der Waals surface area contributed by atoms with E-state index >= 15 is 0 Å². The Balaban J connectivity index is 0.000000271. The molecule has 229 valence electrons. The van der Waals surface area contributed by atoms with Crippen LogP contribution in [0.5, 0.6) is 0 Å². The molecule has 0 saturated carbocycles. The third-order valence-corrected chi connectivity index (χ3v) is 7.75. The summed E-state index contributed by atoms with van der Waals surface area (Å²) in [4.78, 5) is 16.5. The van der Waals surface area contributed by atoms with Gasteiger partial charge in [0.2, 0.25) is 0 Å². The van der Waals surface area contributed by atoms with E-state index in [-0.39, 0.29) is 37.1 Å². The molecule has 6 aromatic rings. The molecule has 0 fully saturated rings. The largest absolute Gasteiger partial charge is 0.512 e. The second kappa shape index (κ2) is 12.3. The SMILES string of the molecule is CC(C)(C)C(=O)/C=C(\O)C(C)(C)C.Cc1cc(C)c2c(C)cc(-c3nc4ccccc4c4c3oc3ccccc34)[c-]c2c1.[Ir]. The molecule has 0 aliphatic rings. The third-order valence-electron chi connectivity index (χ3n) is 7.75. The number of hydrogen-bond donors (Lipinski definition) is 1. The molecule has 0 saturated heterocycles. The van der Waals surface area contributed by atoms with Crippen LogP contribution >= 0.6 is 0 Å². The summed E-state index contributed by atoms with van der Waals surface area (Å²) < 4.78 is 6.36. The summed E-state index contributed by atoms with van der Waals surface area (Å²) in [6.07, 6.45) is 1.33. The van der Waals surface area contributed by atoms with Crippen LogP contribution in [0, 0.1) is 37.7 Å². The monoisotopic (exact) mass is 763 g/mol. The van der Waals surface area contributed by atoms with Gasteiger partial charge >= 0.3 is 0 Å². The van der Waals surface area contributed by atoms with Crippen LogP contribution in [0.3, 0.4) is 0 Å². The Morgan fingerprint density at radius 2 is 1.43 bits per heavy atom. The van der Waals surface area contributed by atoms with Crippen molar-refractivity contribution in [3.05, 3.63) is 101 Å². The minimum Gasteiger partial charge on any atom is -0.512 e. The quantitative estimate of drug-likeness (QED) is 0.108. The van der Waals surface area contributed by atoms with E-state index in [4.69, 9.17) is 9.40 Å². The van der Waals surface area contributed by atoms with Gasteiger partial charge in [-0.1, -0.05) is 113 Å². The summed E-state index contributed by atoms with van der Waals surface area (Å²) in [5.41, 5.74) is 7.50. The van der Waals surface area contributed by atoms with Gasteiger partial charge in [0.25, 0.3) is 0 Å². The number of para-hydroxylation sites is 2. The molecule has 5 heteroatoms. The number of carbonyl (C=O) groups excluding carboxylic acids is 1. The summed E-state index contributed by atoms with van der Waals surface area (Å²) in [6.45, 7) is 17.6. The second-order valence-electron chi connectivity index (χ2n) is 13.5. The number of aliphatic hydroxyl groups is 1. The Bertz CT molecular complexity index is 2050. The molecule has 4 aromatic carbocycles. The first kappa shape index (κ1) is 33.1. The van der Waals surface area contributed by atoms with Crippen molar-refractivity contribution in [1.29, 1.82) is 0 Å². The van der Waals surface area contributed by atoms with Crippen LogP contribution in [0.2, 0.25) is 0 Å². The number of aryl methyl sites for hydroxylation is 3. The first-order chi connectivity index (χ1) is 20.1. The van der Waals surface area contributed by atoms with Crippen molar-refractivity contribution in [3.63, 3.8) is 0 Å². The van der Waals surface area contributed by atoms with Crippen molar-refractivity contribution < 1.29 is 34.4 Å². The summed E-state index contributed by atoms with van der Waals surface area (Å²) in [7, 11) is 0. The molecule has 0 bridgehead atoms. The normalized spacial score (nSPS) is 12.3. The maximum absolute atomic E-state index is 11.5. The van der Waals surface area contributed by atoms with Crippen LogP contribution in [0.4, 0.5) is 0 Å². The first-order valence-corrected chi connectivity index (χ1v) is 14.7. The fraction of sp³-hybridized carbons (Fsp3) is 0.282. The molecule has 0 amide bonds. The predicted molar refractivity (Wildman–Crippen MR) is 180 cm³/mol. The molecule has 1 N–H and O–H groups in total. The molecule has 2 aromatic heterocycles. The number of nitrogens with zero attached hydrogens (tertiary/aromatic N) is 1. The van der Waals surface area contributed by atoms with E-state index < -0.39 is 5.41 Å². The van der Waals surface area contributed by atoms with Crippen LogP contribution in [0.1, 0.15) is 58.2 Å². The fourth-order valence-electron chi connectivity index (χ4n) is 5.36. The van der Waals surface area contributed by atoms with Gasteiger partial charge in [0.15, 0.2) is 5.78 Å². The average Bonchev–Trinajstić information content (AvgIpc) is 3.31. The number of carbonyl (C=O) groups is 1. The predicted octanol–water partition coefficient (Wildman–Crippen LogP) is 10.8. The average molecular weight is 763 g/mol. The van der Waals surface area contributed by atoms with Crippen molar-refractivity contribution in [2.45, 2.75) is 62.3 Å². The Morgan fingerprint density at radius 1 is 0.818 bits per heavy atom. The number of benzene rings is 4. The van der Waals surface area contributed by atoms with Crippen molar-refractivity contribution in [2.24, 2.45) is 10.8 Å². The van der Waals surface area contributed by atoms with Crippen molar-refractivity contribution >= 4 is 49.4 Å². The standard InChI is InChI=1S/C28H20NO.C11H20O2.Ir/c1-16-12-17(2)25-18(3)14-20(15-19(25)13-16)27-28-26(21-8-4-6-10-23(21)29-27)22-9-5-7-11-24(22)30-28;1-10(2,3)8(12)7-9(13)11(4,5)6;/h4-14H,1-3H3;7,12H,1-6H3;/q-1;;/b;8-7-;. The Morgan fingerprint density at radius 3 is 2.09 bits per heavy atom. The van der Waals surface area contributed by atoms with Crippen LogP contribution < -0.4 is 0 Å². The second-order valence-corrected chi connectivity index (χ2v) is 13.5. The number of hydrogen-bond acceptors (Lipinski definition) is 4. The minimum absolute atomic E-state index is 0. The molecule has 44 heavy (non-hydrogen) atoms. The van der Waals surface area contributed by atoms with Crippen molar-refractivity contribution in [1.82, 2.24) is 4.98 Å². The summed E-state index contributed by atoms with van der Waals surface area (Å²) in [5, 5.41) is 15.3. The Kier molecular flexibility index (Phi) is 9.26. The molecule has 0 aliphatic carbocycles. The van der Waals surface area contributed by atoms with E-state index in [2.05, 4.69) is 75.4 Å². The van der Waals surface area contributed by atoms with Gasteiger partial charge in [-0.3, -0.25) is 9.78 Å². The van der Waals surface area contributed by atoms with E-state index in [0.717, 1.165) is 49.5 Å². The van der Waals surface area contributed by atoms with E-state index in [1.807, 2.05) is 59.7 Å². The van der Waals surface area contributed by atoms with Gasteiger partial charge in [0.1, 0.15) is 16.9 Å². The number of fused-ring (bicyclic) bond motifs is 6. The molecule has 2 heterocycles. The molecule has 6 rings (SSSR count). The number of furan rings is 1. The maximum atomic E-state index is 11.5. The fourth-order valence-corrected chi connectivity index (χ4v) is 5.36. The third kappa shape index (κ3) is 6.50. The van der Waals surface area contributed by atoms with Gasteiger partial charge in [0.05, 0.1) is 5.52 Å². The summed E-state index contributed by atoms with van der Waals surface area (Å²) in [5.74, 6) is 0.104. The van der Waals surface area contributed by atoms with Gasteiger partial charge in [-0.2, -0.15) is 0 Å². The molecule has 0 aliphatic heterocycles. The van der Waals surface area contributed by atoms with Crippen LogP contribution in [-0.4, -0.2) is 15.9 Å². The van der Waals surface area contributed by atoms with Crippen molar-refractivity contribution in [3.8, 4) is 11.3 Å². The molecule has 0 atom stereocenters. The van der Waals surface area contributed by atoms with Gasteiger partial charge in [0, 0.05) is 58.9 Å². The number of ketones is 1. The van der Waals surface area contributed by atoms with E-state index in [1.54, 1.807) is 0 Å². The Labute approximate surface area is 273 Å². The zero-order valence-corrected chi connectivity index (χ0v) is 29.4. The zero-order chi connectivity index (χ0) is 31.3. The van der Waals surface area contributed by atoms with Crippen LogP contribution in [0.15, 0.2) is 83.0 Å². The summed E-state index contributed by atoms with van der Waals surface area (Å²) >= 11 is 0. The summed E-state index contributed by atoms with van der Waals surface area (Å²) in [6, 6.07) is 26.8. The maximum Gasteiger partial charge on any atom is 0.164 e. The molecular weight excluding hydrogens is 723 g/mol. The Hall–Kier alpha value is -3.79. The molecule has 0 spiro atoms. The number of aliphatic hydroxyl groups excluding tert-OH is 1. The minimum atomic E-state index is -0.417. The smallest absolute Gasteiger partial charge is 0.164 e. The van der Waals surface area contributed by atoms with E-state index in [1.165, 1.54) is 28.2 Å².